The largest absolute Gasteiger partial charge is 0.491 e. The Labute approximate surface area is 257 Å². The molecule has 0 unspecified atom stereocenters. The van der Waals surface area contributed by atoms with Gasteiger partial charge >= 0.3 is 5.97 Å². The van der Waals surface area contributed by atoms with Gasteiger partial charge in [-0.05, 0) is 77.8 Å². The maximum atomic E-state index is 14.3. The van der Waals surface area contributed by atoms with E-state index in [1.807, 2.05) is 38.1 Å². The maximum Gasteiger partial charge on any atom is 0.338 e. The van der Waals surface area contributed by atoms with Gasteiger partial charge in [-0.15, -0.1) is 0 Å². The van der Waals surface area contributed by atoms with E-state index in [1.165, 1.54) is 29.5 Å². The lowest BCUT2D eigenvalue weighted by atomic mass is 9.95. The second-order valence-electron chi connectivity index (χ2n) is 11.0. The van der Waals surface area contributed by atoms with Crippen molar-refractivity contribution >= 4 is 50.2 Å². The predicted molar refractivity (Wildman–Crippen MR) is 172 cm³/mol. The topological polar surface area (TPSA) is 74.8 Å². The van der Waals surface area contributed by atoms with Gasteiger partial charge in [0.25, 0.3) is 5.56 Å². The van der Waals surface area contributed by atoms with Crippen LogP contribution in [0, 0.1) is 13.8 Å². The van der Waals surface area contributed by atoms with Crippen molar-refractivity contribution in [1.82, 2.24) is 9.13 Å². The summed E-state index contributed by atoms with van der Waals surface area (Å²) in [4.78, 5) is 32.8. The highest BCUT2D eigenvalue weighted by Gasteiger charge is 2.35. The normalized spacial score (nSPS) is 16.1. The smallest absolute Gasteiger partial charge is 0.338 e. The first-order chi connectivity index (χ1) is 20.0. The van der Waals surface area contributed by atoms with E-state index in [4.69, 9.17) is 14.5 Å². The van der Waals surface area contributed by atoms with Gasteiger partial charge in [-0.25, -0.2) is 9.79 Å². The molecule has 0 saturated heterocycles. The minimum atomic E-state index is -0.771. The van der Waals surface area contributed by atoms with Crippen LogP contribution in [-0.2, 0) is 9.53 Å². The average Bonchev–Trinajstić information content (AvgIpc) is 3.41. The number of aromatic nitrogens is 2. The van der Waals surface area contributed by atoms with Gasteiger partial charge in [0.2, 0.25) is 0 Å². The number of benzene rings is 2. The van der Waals surface area contributed by atoms with Crippen LogP contribution in [-0.4, -0.2) is 28.3 Å². The van der Waals surface area contributed by atoms with Crippen LogP contribution in [0.1, 0.15) is 75.5 Å². The molecule has 3 heterocycles. The molecule has 42 heavy (non-hydrogen) atoms. The molecule has 9 heteroatoms. The minimum Gasteiger partial charge on any atom is -0.491 e. The zero-order valence-corrected chi connectivity index (χ0v) is 27.6. The first-order valence-corrected chi connectivity index (χ1v) is 15.8. The number of hydrogen-bond donors (Lipinski definition) is 0. The van der Waals surface area contributed by atoms with E-state index in [1.54, 1.807) is 11.5 Å². The van der Waals surface area contributed by atoms with Crippen LogP contribution >= 0.6 is 27.3 Å². The first-order valence-electron chi connectivity index (χ1n) is 14.1. The molecule has 7 nitrogen and oxygen atoms in total. The van der Waals surface area contributed by atoms with Crippen molar-refractivity contribution in [2.45, 2.75) is 73.1 Å². The van der Waals surface area contributed by atoms with E-state index in [0.717, 1.165) is 27.5 Å². The third-order valence-corrected chi connectivity index (χ3v) is 9.36. The molecule has 220 valence electrons. The molecule has 2 aromatic carbocycles. The van der Waals surface area contributed by atoms with Gasteiger partial charge in [0.05, 0.1) is 34.5 Å². The monoisotopic (exact) mass is 649 g/mol. The summed E-state index contributed by atoms with van der Waals surface area (Å²) in [5, 5.41) is 1.11. The molecule has 4 aromatic rings. The molecule has 0 bridgehead atoms. The van der Waals surface area contributed by atoms with Crippen LogP contribution in [0.5, 0.6) is 5.75 Å². The molecule has 0 amide bonds. The number of esters is 1. The van der Waals surface area contributed by atoms with Gasteiger partial charge in [-0.3, -0.25) is 9.36 Å². The number of methoxy groups -OCH3 is 1. The fraction of sp³-hybridized carbons (Fsp3) is 0.364. The van der Waals surface area contributed by atoms with E-state index in [9.17, 15) is 9.59 Å². The highest BCUT2D eigenvalue weighted by atomic mass is 79.9. The third-order valence-electron chi connectivity index (χ3n) is 7.88. The molecule has 2 atom stereocenters. The molecule has 0 fully saturated rings. The van der Waals surface area contributed by atoms with E-state index in [2.05, 4.69) is 66.4 Å². The van der Waals surface area contributed by atoms with Crippen molar-refractivity contribution in [3.63, 3.8) is 0 Å². The van der Waals surface area contributed by atoms with E-state index >= 15 is 0 Å². The fourth-order valence-electron chi connectivity index (χ4n) is 5.82. The molecule has 2 aromatic heterocycles. The molecule has 0 radical (unpaired) electrons. The Morgan fingerprint density at radius 2 is 1.90 bits per heavy atom. The van der Waals surface area contributed by atoms with Crippen LogP contribution in [0.2, 0.25) is 0 Å². The quantitative estimate of drug-likeness (QED) is 0.214. The average molecular weight is 651 g/mol. The number of para-hydroxylation sites is 1. The summed E-state index contributed by atoms with van der Waals surface area (Å²) in [7, 11) is 1.34. The van der Waals surface area contributed by atoms with Crippen LogP contribution in [0.15, 0.2) is 61.9 Å². The molecule has 0 aliphatic carbocycles. The number of carbonyl (C=O) groups excluding carboxylic acids is 1. The molecule has 0 N–H and O–H groups in total. The third kappa shape index (κ3) is 5.07. The van der Waals surface area contributed by atoms with Gasteiger partial charge in [-0.1, -0.05) is 52.4 Å². The zero-order chi connectivity index (χ0) is 30.5. The molecule has 0 spiro atoms. The number of nitrogens with zero attached hydrogens (tertiary/aromatic N) is 3. The maximum absolute atomic E-state index is 14.3. The Hall–Kier alpha value is -3.43. The van der Waals surface area contributed by atoms with Crippen molar-refractivity contribution in [2.24, 2.45) is 4.99 Å². The van der Waals surface area contributed by atoms with Crippen molar-refractivity contribution in [1.29, 1.82) is 0 Å². The summed E-state index contributed by atoms with van der Waals surface area (Å²) in [5.41, 5.74) is 5.80. The SMILES string of the molecule is CC[C@@H](C)n1c(C)c(/C=c2\sc3n(c2=O)[C@@H](c2cc(Br)ccc2OC(C)C)C(C(=O)OC)=C(C)N=3)c2cccc(C)c21. The Bertz CT molecular complexity index is 1930. The lowest BCUT2D eigenvalue weighted by molar-refractivity contribution is -0.136. The van der Waals surface area contributed by atoms with Crippen molar-refractivity contribution < 1.29 is 14.3 Å². The summed E-state index contributed by atoms with van der Waals surface area (Å²) >= 11 is 4.91. The number of hydrogen-bond acceptors (Lipinski definition) is 6. The Morgan fingerprint density at radius 1 is 1.17 bits per heavy atom. The van der Waals surface area contributed by atoms with Crippen LogP contribution in [0.3, 0.4) is 0 Å². The fourth-order valence-corrected chi connectivity index (χ4v) is 7.22. The van der Waals surface area contributed by atoms with E-state index in [-0.39, 0.29) is 11.7 Å². The summed E-state index contributed by atoms with van der Waals surface area (Å²) < 4.78 is 16.7. The van der Waals surface area contributed by atoms with Crippen molar-refractivity contribution in [3.8, 4) is 5.75 Å². The molecule has 1 aliphatic heterocycles. The van der Waals surface area contributed by atoms with Crippen LogP contribution < -0.4 is 19.6 Å². The summed E-state index contributed by atoms with van der Waals surface area (Å²) in [6.07, 6.45) is 2.87. The van der Waals surface area contributed by atoms with E-state index in [0.29, 0.717) is 38.0 Å². The van der Waals surface area contributed by atoms with Gasteiger partial charge in [0.15, 0.2) is 4.80 Å². The number of carbonyl (C=O) groups is 1. The summed E-state index contributed by atoms with van der Waals surface area (Å²) in [5.74, 6) is 0.0563. The number of halogens is 1. The van der Waals surface area contributed by atoms with Crippen LogP contribution in [0.25, 0.3) is 17.0 Å². The Balaban J connectivity index is 1.82. The molecule has 1 aliphatic rings. The van der Waals surface area contributed by atoms with Gasteiger partial charge in [0, 0.05) is 32.7 Å². The second kappa shape index (κ2) is 11.7. The first kappa shape index (κ1) is 30.0. The number of aryl methyl sites for hydroxylation is 1. The number of fused-ring (bicyclic) bond motifs is 2. The zero-order valence-electron chi connectivity index (χ0n) is 25.2. The number of ether oxygens (including phenoxy) is 2. The van der Waals surface area contributed by atoms with Crippen molar-refractivity contribution in [3.05, 3.63) is 94.2 Å². The highest BCUT2D eigenvalue weighted by molar-refractivity contribution is 9.10. The lowest BCUT2D eigenvalue weighted by Gasteiger charge is -2.26. The minimum absolute atomic E-state index is 0.110. The Kier molecular flexibility index (Phi) is 8.36. The number of rotatable bonds is 7. The molecule has 5 rings (SSSR count). The standard InChI is InChI=1S/C33H36BrN3O4S/c1-9-19(5)36-21(7)24(23-12-10-11-18(4)29(23)36)16-27-31(38)37-30(25-15-22(34)13-14-26(25)41-17(2)3)28(32(39)40-8)20(6)35-33(37)42-27/h10-17,19,30H,9H2,1-8H3/b27-16-/t19-,30+/m1/s1. The molecule has 0 saturated carbocycles. The van der Waals surface area contributed by atoms with Gasteiger partial charge in [-0.2, -0.15) is 0 Å². The van der Waals surface area contributed by atoms with Crippen molar-refractivity contribution in [2.75, 3.05) is 7.11 Å². The molecular weight excluding hydrogens is 614 g/mol. The summed E-state index contributed by atoms with van der Waals surface area (Å²) in [6, 6.07) is 11.5. The number of thiazole rings is 1. The van der Waals surface area contributed by atoms with Crippen LogP contribution in [0.4, 0.5) is 0 Å². The van der Waals surface area contributed by atoms with E-state index < -0.39 is 12.0 Å². The van der Waals surface area contributed by atoms with Gasteiger partial charge in [0.1, 0.15) is 11.8 Å². The van der Waals surface area contributed by atoms with Gasteiger partial charge < -0.3 is 14.0 Å². The lowest BCUT2D eigenvalue weighted by Crippen LogP contribution is -2.40. The second-order valence-corrected chi connectivity index (χ2v) is 12.9. The highest BCUT2D eigenvalue weighted by Crippen LogP contribution is 2.38. The number of allylic oxidation sites excluding steroid dienone is 1. The summed E-state index contributed by atoms with van der Waals surface area (Å²) in [6.45, 7) is 14.3. The predicted octanol–water partition coefficient (Wildman–Crippen LogP) is 6.50. The molecular formula is C33H36BrN3O4S. The Morgan fingerprint density at radius 3 is 2.57 bits per heavy atom.